The Hall–Kier alpha value is -1.79. The van der Waals surface area contributed by atoms with Gasteiger partial charge in [0.1, 0.15) is 5.75 Å². The molecule has 5 nitrogen and oxygen atoms in total. The standard InChI is InChI=1S/C16H24N4OS/c1-22-20-8-6-11(7-9-20)13(16(18)19)10-14(17)12-4-2-3-5-15(12)21/h2-5,10-11,21H,6-9,17-19H2,1H3/b14-10-. The van der Waals surface area contributed by atoms with Crippen LogP contribution in [0.4, 0.5) is 0 Å². The topological polar surface area (TPSA) is 102 Å². The molecule has 1 aromatic rings. The highest BCUT2D eigenvalue weighted by Crippen LogP contribution is 2.30. The fourth-order valence-corrected chi connectivity index (χ4v) is 3.33. The second-order valence-corrected chi connectivity index (χ2v) is 6.29. The number of nitrogens with zero attached hydrogens (tertiary/aromatic N) is 1. The van der Waals surface area contributed by atoms with E-state index in [2.05, 4.69) is 10.6 Å². The fourth-order valence-electron chi connectivity index (χ4n) is 2.75. The zero-order valence-electron chi connectivity index (χ0n) is 12.8. The molecule has 1 fully saturated rings. The first-order valence-corrected chi connectivity index (χ1v) is 8.50. The molecule has 7 N–H and O–H groups in total. The van der Waals surface area contributed by atoms with Gasteiger partial charge in [0.15, 0.2) is 0 Å². The summed E-state index contributed by atoms with van der Waals surface area (Å²) in [4.78, 5) is 0. The number of phenols is 1. The third kappa shape index (κ3) is 3.90. The first kappa shape index (κ1) is 16.6. The fraction of sp³-hybridized carbons (Fsp3) is 0.375. The molecule has 22 heavy (non-hydrogen) atoms. The monoisotopic (exact) mass is 320 g/mol. The van der Waals surface area contributed by atoms with Crippen molar-refractivity contribution in [1.82, 2.24) is 4.31 Å². The lowest BCUT2D eigenvalue weighted by Crippen LogP contribution is -2.30. The van der Waals surface area contributed by atoms with Crippen molar-refractivity contribution in [3.8, 4) is 5.75 Å². The molecule has 0 spiro atoms. The number of aromatic hydroxyl groups is 1. The molecule has 1 heterocycles. The van der Waals surface area contributed by atoms with Gasteiger partial charge >= 0.3 is 0 Å². The molecule has 1 saturated heterocycles. The summed E-state index contributed by atoms with van der Waals surface area (Å²) in [7, 11) is 0. The smallest absolute Gasteiger partial charge is 0.124 e. The lowest BCUT2D eigenvalue weighted by molar-refractivity contribution is 0.322. The predicted octanol–water partition coefficient (Wildman–Crippen LogP) is 1.81. The average Bonchev–Trinajstić information content (AvgIpc) is 2.52. The third-order valence-electron chi connectivity index (χ3n) is 4.01. The Bertz CT molecular complexity index is 573. The number of benzene rings is 1. The van der Waals surface area contributed by atoms with E-state index in [0.29, 0.717) is 23.0 Å². The van der Waals surface area contributed by atoms with Crippen LogP contribution < -0.4 is 17.2 Å². The highest BCUT2D eigenvalue weighted by Gasteiger charge is 2.22. The van der Waals surface area contributed by atoms with Crippen LogP contribution in [-0.4, -0.2) is 28.8 Å². The van der Waals surface area contributed by atoms with Crippen LogP contribution in [0, 0.1) is 5.92 Å². The van der Waals surface area contributed by atoms with Gasteiger partial charge in [0, 0.05) is 24.4 Å². The zero-order chi connectivity index (χ0) is 16.1. The van der Waals surface area contributed by atoms with Crippen LogP contribution in [0.5, 0.6) is 5.75 Å². The molecule has 0 bridgehead atoms. The first-order chi connectivity index (χ1) is 10.5. The minimum atomic E-state index is 0.156. The van der Waals surface area contributed by atoms with Gasteiger partial charge in [-0.3, -0.25) is 4.31 Å². The molecule has 6 heteroatoms. The quantitative estimate of drug-likeness (QED) is 0.498. The molecule has 1 aromatic carbocycles. The first-order valence-electron chi connectivity index (χ1n) is 7.32. The summed E-state index contributed by atoms with van der Waals surface area (Å²) >= 11 is 1.76. The predicted molar refractivity (Wildman–Crippen MR) is 93.5 cm³/mol. The Labute approximate surface area is 136 Å². The largest absolute Gasteiger partial charge is 0.507 e. The maximum Gasteiger partial charge on any atom is 0.124 e. The van der Waals surface area contributed by atoms with E-state index >= 15 is 0 Å². The molecule has 1 aliphatic heterocycles. The van der Waals surface area contributed by atoms with E-state index in [9.17, 15) is 5.11 Å². The van der Waals surface area contributed by atoms with Crippen LogP contribution in [0.15, 0.2) is 41.7 Å². The number of nitrogens with two attached hydrogens (primary N) is 3. The number of para-hydroxylation sites is 1. The number of piperidine rings is 1. The van der Waals surface area contributed by atoms with Crippen molar-refractivity contribution in [2.24, 2.45) is 23.1 Å². The van der Waals surface area contributed by atoms with E-state index < -0.39 is 0 Å². The van der Waals surface area contributed by atoms with E-state index in [0.717, 1.165) is 31.5 Å². The Morgan fingerprint density at radius 3 is 2.41 bits per heavy atom. The van der Waals surface area contributed by atoms with Gasteiger partial charge in [-0.25, -0.2) is 0 Å². The van der Waals surface area contributed by atoms with Crippen molar-refractivity contribution in [2.75, 3.05) is 19.3 Å². The average molecular weight is 320 g/mol. The molecule has 0 aromatic heterocycles. The summed E-state index contributed by atoms with van der Waals surface area (Å²) in [5, 5.41) is 9.90. The van der Waals surface area contributed by atoms with Gasteiger partial charge in [-0.2, -0.15) is 0 Å². The van der Waals surface area contributed by atoms with Crippen molar-refractivity contribution in [3.05, 3.63) is 47.3 Å². The molecule has 0 atom stereocenters. The summed E-state index contributed by atoms with van der Waals surface area (Å²) in [6.45, 7) is 2.01. The number of hydrogen-bond acceptors (Lipinski definition) is 6. The minimum absolute atomic E-state index is 0.156. The second-order valence-electron chi connectivity index (χ2n) is 5.41. The van der Waals surface area contributed by atoms with Crippen molar-refractivity contribution in [3.63, 3.8) is 0 Å². The van der Waals surface area contributed by atoms with Crippen LogP contribution in [0.3, 0.4) is 0 Å². The molecule has 2 rings (SSSR count). The van der Waals surface area contributed by atoms with E-state index in [4.69, 9.17) is 17.2 Å². The maximum absolute atomic E-state index is 9.90. The second kappa shape index (κ2) is 7.47. The maximum atomic E-state index is 9.90. The molecule has 0 amide bonds. The van der Waals surface area contributed by atoms with Crippen molar-refractivity contribution in [2.45, 2.75) is 12.8 Å². The van der Waals surface area contributed by atoms with Gasteiger partial charge in [-0.1, -0.05) is 24.1 Å². The van der Waals surface area contributed by atoms with Crippen LogP contribution in [0.2, 0.25) is 0 Å². The van der Waals surface area contributed by atoms with Gasteiger partial charge in [0.2, 0.25) is 0 Å². The lowest BCUT2D eigenvalue weighted by Gasteiger charge is -2.31. The minimum Gasteiger partial charge on any atom is -0.507 e. The Balaban J connectivity index is 2.22. The third-order valence-corrected chi connectivity index (χ3v) is 4.89. The van der Waals surface area contributed by atoms with E-state index in [-0.39, 0.29) is 5.75 Å². The summed E-state index contributed by atoms with van der Waals surface area (Å²) in [5.41, 5.74) is 19.8. The Kier molecular flexibility index (Phi) is 5.63. The van der Waals surface area contributed by atoms with Crippen molar-refractivity contribution in [1.29, 1.82) is 0 Å². The molecule has 120 valence electrons. The SMILES string of the molecule is CSN1CCC(C(/C=C(\N)c2ccccc2O)=C(N)N)CC1. The lowest BCUT2D eigenvalue weighted by atomic mass is 9.88. The van der Waals surface area contributed by atoms with Crippen molar-refractivity contribution < 1.29 is 5.11 Å². The van der Waals surface area contributed by atoms with E-state index in [1.807, 2.05) is 12.1 Å². The van der Waals surface area contributed by atoms with Crippen LogP contribution in [0.25, 0.3) is 5.70 Å². The van der Waals surface area contributed by atoms with Gasteiger partial charge in [0.05, 0.1) is 5.82 Å². The van der Waals surface area contributed by atoms with Crippen LogP contribution >= 0.6 is 11.9 Å². The number of rotatable bonds is 4. The molecule has 0 radical (unpaired) electrons. The summed E-state index contributed by atoms with van der Waals surface area (Å²) in [6, 6.07) is 6.99. The van der Waals surface area contributed by atoms with Gasteiger partial charge < -0.3 is 22.3 Å². The van der Waals surface area contributed by atoms with Crippen molar-refractivity contribution >= 4 is 17.6 Å². The van der Waals surface area contributed by atoms with Gasteiger partial charge in [0.25, 0.3) is 0 Å². The van der Waals surface area contributed by atoms with Crippen LogP contribution in [0.1, 0.15) is 18.4 Å². The highest BCUT2D eigenvalue weighted by molar-refractivity contribution is 7.96. The molecule has 1 aliphatic rings. The van der Waals surface area contributed by atoms with E-state index in [1.165, 1.54) is 0 Å². The molecular weight excluding hydrogens is 296 g/mol. The summed E-state index contributed by atoms with van der Waals surface area (Å²) < 4.78 is 2.33. The van der Waals surface area contributed by atoms with E-state index in [1.54, 1.807) is 30.1 Å². The van der Waals surface area contributed by atoms with Crippen LogP contribution in [-0.2, 0) is 0 Å². The normalized spacial score (nSPS) is 17.4. The van der Waals surface area contributed by atoms with Gasteiger partial charge in [-0.05, 0) is 48.8 Å². The summed E-state index contributed by atoms with van der Waals surface area (Å²) in [6.07, 6.45) is 5.89. The highest BCUT2D eigenvalue weighted by atomic mass is 32.2. The molecule has 0 aliphatic carbocycles. The summed E-state index contributed by atoms with van der Waals surface area (Å²) in [5.74, 6) is 0.766. The molecular formula is C16H24N4OS. The molecule has 0 unspecified atom stereocenters. The zero-order valence-corrected chi connectivity index (χ0v) is 13.6. The Morgan fingerprint density at radius 2 is 1.86 bits per heavy atom. The number of allylic oxidation sites excluding steroid dienone is 2. The Morgan fingerprint density at radius 1 is 1.23 bits per heavy atom. The number of hydrogen-bond donors (Lipinski definition) is 4. The number of phenolic OH excluding ortho intramolecular Hbond substituents is 1. The molecule has 0 saturated carbocycles. The van der Waals surface area contributed by atoms with Gasteiger partial charge in [-0.15, -0.1) is 0 Å².